The van der Waals surface area contributed by atoms with Crippen molar-refractivity contribution in [2.75, 3.05) is 18.6 Å². The van der Waals surface area contributed by atoms with E-state index in [1.165, 1.54) is 62.8 Å². The highest BCUT2D eigenvalue weighted by Gasteiger charge is 2.23. The van der Waals surface area contributed by atoms with Gasteiger partial charge in [0.1, 0.15) is 0 Å². The minimum atomic E-state index is -4.06. The standard InChI is InChI=1S/C17H19N5O6S/c1-27-15-9-6-13(11-16(15)28-2)22(19)29(25,26)14-7-3-12(4-8-14)5-10-17(23)21(18)20-24/h3-11H,18-19H2,1-2H3/b10-5+. The Morgan fingerprint density at radius 2 is 1.66 bits per heavy atom. The number of rotatable bonds is 8. The number of benzene rings is 2. The molecule has 0 aliphatic rings. The van der Waals surface area contributed by atoms with Gasteiger partial charge in [0.25, 0.3) is 15.9 Å². The van der Waals surface area contributed by atoms with Gasteiger partial charge in [-0.15, -0.1) is 10.0 Å². The molecular formula is C17H19N5O6S. The monoisotopic (exact) mass is 421 g/mol. The number of methoxy groups -OCH3 is 2. The molecule has 0 saturated carbocycles. The zero-order valence-electron chi connectivity index (χ0n) is 15.6. The number of sulfonamides is 1. The van der Waals surface area contributed by atoms with Gasteiger partial charge in [-0.1, -0.05) is 12.1 Å². The van der Waals surface area contributed by atoms with E-state index in [2.05, 4.69) is 5.29 Å². The first-order valence-electron chi connectivity index (χ1n) is 7.97. The highest BCUT2D eigenvalue weighted by atomic mass is 32.2. The summed E-state index contributed by atoms with van der Waals surface area (Å²) in [7, 11) is -1.19. The molecular weight excluding hydrogens is 402 g/mol. The van der Waals surface area contributed by atoms with Crippen LogP contribution < -0.4 is 25.6 Å². The van der Waals surface area contributed by atoms with Crippen molar-refractivity contribution < 1.29 is 22.7 Å². The first-order chi connectivity index (χ1) is 13.7. The molecule has 0 radical (unpaired) electrons. The van der Waals surface area contributed by atoms with Gasteiger partial charge in [-0.3, -0.25) is 4.79 Å². The Morgan fingerprint density at radius 3 is 2.21 bits per heavy atom. The van der Waals surface area contributed by atoms with Crippen molar-refractivity contribution >= 4 is 27.7 Å². The Kier molecular flexibility index (Phi) is 6.88. The third-order valence-electron chi connectivity index (χ3n) is 3.79. The number of nitrogens with zero attached hydrogens (tertiary/aromatic N) is 3. The minimum Gasteiger partial charge on any atom is -0.493 e. The molecule has 29 heavy (non-hydrogen) atoms. The van der Waals surface area contributed by atoms with Crippen molar-refractivity contribution in [2.45, 2.75) is 4.90 Å². The molecule has 0 heterocycles. The molecule has 0 aliphatic carbocycles. The summed E-state index contributed by atoms with van der Waals surface area (Å²) in [6.45, 7) is 0. The van der Waals surface area contributed by atoms with Crippen LogP contribution in [-0.4, -0.2) is 33.7 Å². The van der Waals surface area contributed by atoms with Crippen molar-refractivity contribution in [3.05, 3.63) is 59.0 Å². The Balaban J connectivity index is 2.26. The molecule has 0 saturated heterocycles. The molecule has 2 aromatic carbocycles. The largest absolute Gasteiger partial charge is 0.493 e. The second kappa shape index (κ2) is 9.14. The summed E-state index contributed by atoms with van der Waals surface area (Å²) in [5.41, 5.74) is 0.660. The molecule has 1 amide bonds. The molecule has 0 spiro atoms. The Hall–Kier alpha value is -3.48. The molecule has 0 unspecified atom stereocenters. The Labute approximate surface area is 167 Å². The third-order valence-corrected chi connectivity index (χ3v) is 5.39. The second-order valence-electron chi connectivity index (χ2n) is 5.51. The maximum absolute atomic E-state index is 12.8. The second-order valence-corrected chi connectivity index (χ2v) is 7.32. The van der Waals surface area contributed by atoms with Gasteiger partial charge < -0.3 is 9.47 Å². The molecule has 0 aliphatic heterocycles. The normalized spacial score (nSPS) is 11.2. The molecule has 2 rings (SSSR count). The van der Waals surface area contributed by atoms with Crippen molar-refractivity contribution in [1.29, 1.82) is 0 Å². The lowest BCUT2D eigenvalue weighted by Gasteiger charge is -2.20. The smallest absolute Gasteiger partial charge is 0.284 e. The predicted octanol–water partition coefficient (Wildman–Crippen LogP) is 1.17. The number of nitroso groups, excluding NO2 is 1. The molecule has 0 fully saturated rings. The van der Waals surface area contributed by atoms with Crippen LogP contribution in [0.2, 0.25) is 0 Å². The van der Waals surface area contributed by atoms with Gasteiger partial charge in [0, 0.05) is 12.1 Å². The molecule has 154 valence electrons. The quantitative estimate of drug-likeness (QED) is 0.211. The number of ether oxygens (including phenoxy) is 2. The predicted molar refractivity (Wildman–Crippen MR) is 106 cm³/mol. The summed E-state index contributed by atoms with van der Waals surface area (Å²) in [6, 6.07) is 9.97. The van der Waals surface area contributed by atoms with Gasteiger partial charge in [-0.05, 0) is 35.9 Å². The SMILES string of the molecule is COc1ccc(N(N)S(=O)(=O)c2ccc(/C=C/C(=O)N(N)N=O)cc2)cc1OC. The first kappa shape index (κ1) is 21.8. The van der Waals surface area contributed by atoms with Gasteiger partial charge in [-0.25, -0.2) is 16.1 Å². The maximum atomic E-state index is 12.8. The fourth-order valence-corrected chi connectivity index (χ4v) is 3.35. The number of amides is 1. The van der Waals surface area contributed by atoms with E-state index in [0.717, 1.165) is 6.08 Å². The van der Waals surface area contributed by atoms with E-state index in [0.29, 0.717) is 21.5 Å². The van der Waals surface area contributed by atoms with E-state index in [4.69, 9.17) is 21.2 Å². The van der Waals surface area contributed by atoms with Crippen LogP contribution in [0.15, 0.2) is 58.7 Å². The lowest BCUT2D eigenvalue weighted by atomic mass is 10.2. The van der Waals surface area contributed by atoms with Crippen molar-refractivity contribution in [2.24, 2.45) is 17.0 Å². The van der Waals surface area contributed by atoms with Gasteiger partial charge in [0.2, 0.25) is 0 Å². The molecule has 0 bridgehead atoms. The number of nitrogens with two attached hydrogens (primary N) is 2. The minimum absolute atomic E-state index is 0.0757. The highest BCUT2D eigenvalue weighted by Crippen LogP contribution is 2.32. The van der Waals surface area contributed by atoms with Crippen LogP contribution in [0, 0.1) is 4.91 Å². The molecule has 11 nitrogen and oxygen atoms in total. The molecule has 4 N–H and O–H groups in total. The van der Waals surface area contributed by atoms with Gasteiger partial charge in [0.15, 0.2) is 11.5 Å². The Bertz CT molecular complexity index is 1020. The van der Waals surface area contributed by atoms with E-state index in [-0.39, 0.29) is 15.7 Å². The van der Waals surface area contributed by atoms with E-state index in [9.17, 15) is 18.1 Å². The van der Waals surface area contributed by atoms with Gasteiger partial charge in [0.05, 0.1) is 30.1 Å². The van der Waals surface area contributed by atoms with E-state index in [1.54, 1.807) is 0 Å². The number of carbonyl (C=O) groups excluding carboxylic acids is 1. The zero-order valence-corrected chi connectivity index (χ0v) is 16.4. The lowest BCUT2D eigenvalue weighted by Crippen LogP contribution is -2.37. The van der Waals surface area contributed by atoms with Crippen molar-refractivity contribution in [3.63, 3.8) is 0 Å². The van der Waals surface area contributed by atoms with Crippen LogP contribution in [0.4, 0.5) is 5.69 Å². The summed E-state index contributed by atoms with van der Waals surface area (Å²) in [5, 5.41) is 2.39. The molecule has 0 aromatic heterocycles. The van der Waals surface area contributed by atoms with Crippen LogP contribution in [-0.2, 0) is 14.8 Å². The number of anilines is 1. The summed E-state index contributed by atoms with van der Waals surface area (Å²) in [4.78, 5) is 21.5. The highest BCUT2D eigenvalue weighted by molar-refractivity contribution is 7.92. The van der Waals surface area contributed by atoms with Crippen LogP contribution in [0.3, 0.4) is 0 Å². The van der Waals surface area contributed by atoms with Crippen molar-refractivity contribution in [1.82, 2.24) is 5.12 Å². The molecule has 2 aromatic rings. The lowest BCUT2D eigenvalue weighted by molar-refractivity contribution is -0.126. The fraction of sp³-hybridized carbons (Fsp3) is 0.118. The summed E-state index contributed by atoms with van der Waals surface area (Å²) in [6.07, 6.45) is 2.36. The average Bonchev–Trinajstić information content (AvgIpc) is 2.75. The van der Waals surface area contributed by atoms with E-state index >= 15 is 0 Å². The van der Waals surface area contributed by atoms with Crippen LogP contribution in [0.5, 0.6) is 11.5 Å². The average molecular weight is 421 g/mol. The van der Waals surface area contributed by atoms with Crippen LogP contribution in [0.25, 0.3) is 6.08 Å². The number of hydrogen-bond acceptors (Lipinski definition) is 9. The first-order valence-corrected chi connectivity index (χ1v) is 9.41. The number of hydrogen-bond donors (Lipinski definition) is 2. The molecule has 0 atom stereocenters. The van der Waals surface area contributed by atoms with Gasteiger partial charge in [-0.2, -0.15) is 8.42 Å². The van der Waals surface area contributed by atoms with Crippen molar-refractivity contribution in [3.8, 4) is 11.5 Å². The molecule has 12 heteroatoms. The topological polar surface area (TPSA) is 158 Å². The van der Waals surface area contributed by atoms with E-state index in [1.807, 2.05) is 0 Å². The van der Waals surface area contributed by atoms with Crippen LogP contribution >= 0.6 is 0 Å². The third kappa shape index (κ3) is 4.87. The Morgan fingerprint density at radius 1 is 1.03 bits per heavy atom. The summed E-state index contributed by atoms with van der Waals surface area (Å²) >= 11 is 0. The fourth-order valence-electron chi connectivity index (χ4n) is 2.25. The summed E-state index contributed by atoms with van der Waals surface area (Å²) < 4.78 is 36.4. The van der Waals surface area contributed by atoms with Crippen LogP contribution in [0.1, 0.15) is 5.56 Å². The summed E-state index contributed by atoms with van der Waals surface area (Å²) in [5.74, 6) is 10.8. The maximum Gasteiger partial charge on any atom is 0.284 e. The number of hydrazine groups is 2. The number of carbonyl (C=O) groups is 1. The zero-order chi connectivity index (χ0) is 21.6. The van der Waals surface area contributed by atoms with E-state index < -0.39 is 15.9 Å². The van der Waals surface area contributed by atoms with Gasteiger partial charge >= 0.3 is 0 Å².